The molecule has 1 heterocycles. The molecule has 2 rings (SSSR count). The van der Waals surface area contributed by atoms with Crippen molar-refractivity contribution in [2.75, 3.05) is 12.3 Å². The monoisotopic (exact) mass is 431 g/mol. The lowest BCUT2D eigenvalue weighted by Gasteiger charge is -2.07. The first kappa shape index (κ1) is 20.7. The minimum atomic E-state index is -0.790. The Balaban J connectivity index is 2.19. The Bertz CT molecular complexity index is 936. The molecule has 27 heavy (non-hydrogen) atoms. The zero-order valence-electron chi connectivity index (χ0n) is 13.7. The highest BCUT2D eigenvalue weighted by Crippen LogP contribution is 2.34. The Morgan fingerprint density at radius 1 is 1.41 bits per heavy atom. The Hall–Kier alpha value is -2.62. The predicted octanol–water partition coefficient (Wildman–Crippen LogP) is 3.69. The summed E-state index contributed by atoms with van der Waals surface area (Å²) in [7, 11) is 0. The molecule has 2 aromatic rings. The van der Waals surface area contributed by atoms with E-state index in [1.54, 1.807) is 6.92 Å². The van der Waals surface area contributed by atoms with Gasteiger partial charge in [-0.05, 0) is 19.1 Å². The first-order valence-electron chi connectivity index (χ1n) is 7.30. The number of nitro benzene ring substituents is 1. The number of nitrogens with zero attached hydrogens (tertiary/aromatic N) is 3. The second-order valence-electron chi connectivity index (χ2n) is 4.91. The first-order chi connectivity index (χ1) is 12.8. The molecule has 1 amide bonds. The average molecular weight is 433 g/mol. The van der Waals surface area contributed by atoms with Crippen molar-refractivity contribution in [2.24, 2.45) is 5.10 Å². The molecule has 0 aliphatic carbocycles. The number of hydrogen-bond acceptors (Lipinski definition) is 7. The normalized spacial score (nSPS) is 10.8. The topological polar surface area (TPSA) is 133 Å². The fourth-order valence-corrected chi connectivity index (χ4v) is 2.53. The number of halogens is 3. The molecule has 3 N–H and O–H groups in total. The summed E-state index contributed by atoms with van der Waals surface area (Å²) in [6.07, 6.45) is 1.20. The number of nitrogen functional groups attached to an aromatic ring is 1. The van der Waals surface area contributed by atoms with E-state index in [9.17, 15) is 14.9 Å². The molecule has 12 heteroatoms. The van der Waals surface area contributed by atoms with E-state index in [1.165, 1.54) is 24.4 Å². The van der Waals surface area contributed by atoms with Gasteiger partial charge in [-0.1, -0.05) is 34.8 Å². The summed E-state index contributed by atoms with van der Waals surface area (Å²) in [6.45, 7) is 1.99. The number of nitrogens with two attached hydrogens (primary N) is 1. The van der Waals surface area contributed by atoms with E-state index >= 15 is 0 Å². The molecule has 0 saturated heterocycles. The summed E-state index contributed by atoms with van der Waals surface area (Å²) < 4.78 is 5.19. The van der Waals surface area contributed by atoms with E-state index < -0.39 is 10.8 Å². The number of hydrogen-bond donors (Lipinski definition) is 2. The average Bonchev–Trinajstić information content (AvgIpc) is 2.64. The molecule has 9 nitrogen and oxygen atoms in total. The molecule has 0 unspecified atom stereocenters. The Labute approximate surface area is 168 Å². The highest BCUT2D eigenvalue weighted by Gasteiger charge is 2.19. The van der Waals surface area contributed by atoms with Gasteiger partial charge in [-0.3, -0.25) is 14.9 Å². The van der Waals surface area contributed by atoms with Gasteiger partial charge in [-0.25, -0.2) is 10.4 Å². The molecule has 0 bridgehead atoms. The van der Waals surface area contributed by atoms with Crippen molar-refractivity contribution in [1.82, 2.24) is 10.4 Å². The summed E-state index contributed by atoms with van der Waals surface area (Å²) in [4.78, 5) is 26.4. The van der Waals surface area contributed by atoms with Crippen LogP contribution in [0.25, 0.3) is 0 Å². The van der Waals surface area contributed by atoms with Gasteiger partial charge in [0.05, 0.1) is 28.5 Å². The smallest absolute Gasteiger partial charge is 0.311 e. The van der Waals surface area contributed by atoms with Gasteiger partial charge in [0, 0.05) is 11.6 Å². The molecule has 1 aromatic carbocycles. The quantitative estimate of drug-likeness (QED) is 0.309. The van der Waals surface area contributed by atoms with Crippen LogP contribution >= 0.6 is 34.8 Å². The third kappa shape index (κ3) is 4.76. The molecule has 0 spiro atoms. The van der Waals surface area contributed by atoms with E-state index in [0.717, 1.165) is 0 Å². The van der Waals surface area contributed by atoms with Crippen LogP contribution in [0.3, 0.4) is 0 Å². The van der Waals surface area contributed by atoms with Crippen molar-refractivity contribution in [3.8, 4) is 5.75 Å². The maximum Gasteiger partial charge on any atom is 0.311 e. The molecular weight excluding hydrogens is 421 g/mol. The third-order valence-corrected chi connectivity index (χ3v) is 4.28. The number of hydrazone groups is 1. The van der Waals surface area contributed by atoms with Crippen molar-refractivity contribution in [3.05, 3.63) is 54.8 Å². The van der Waals surface area contributed by atoms with Crippen LogP contribution in [0.15, 0.2) is 23.3 Å². The van der Waals surface area contributed by atoms with Crippen molar-refractivity contribution in [2.45, 2.75) is 6.92 Å². The van der Waals surface area contributed by atoms with Crippen LogP contribution in [-0.4, -0.2) is 28.6 Å². The Morgan fingerprint density at radius 2 is 2.11 bits per heavy atom. The molecule has 0 saturated carbocycles. The van der Waals surface area contributed by atoms with Gasteiger partial charge in [0.2, 0.25) is 0 Å². The number of pyridine rings is 1. The first-order valence-corrected chi connectivity index (χ1v) is 8.44. The molecule has 0 aliphatic heterocycles. The fraction of sp³-hybridized carbons (Fsp3) is 0.133. The maximum absolute atomic E-state index is 12.1. The lowest BCUT2D eigenvalue weighted by molar-refractivity contribution is -0.385. The molecular formula is C15H12Cl3N5O4. The number of carbonyl (C=O) groups excluding carboxylic acids is 1. The molecule has 0 radical (unpaired) electrons. The SMILES string of the molecule is CCOc1ccc(/C=N/NC(=O)c2nc(Cl)c(Cl)c(N)c2Cl)cc1[N+](=O)[O-]. The maximum atomic E-state index is 12.1. The summed E-state index contributed by atoms with van der Waals surface area (Å²) >= 11 is 17.5. The number of carbonyl (C=O) groups is 1. The minimum Gasteiger partial charge on any atom is -0.487 e. The number of ether oxygens (including phenoxy) is 1. The van der Waals surface area contributed by atoms with Crippen LogP contribution in [0.5, 0.6) is 5.75 Å². The molecule has 0 atom stereocenters. The van der Waals surface area contributed by atoms with E-state index in [4.69, 9.17) is 45.3 Å². The van der Waals surface area contributed by atoms with E-state index in [0.29, 0.717) is 5.56 Å². The van der Waals surface area contributed by atoms with Gasteiger partial charge >= 0.3 is 5.69 Å². The standard InChI is InChI=1S/C15H12Cl3N5O4/c1-2-27-9-4-3-7(5-8(9)23(25)26)6-20-22-15(24)13-10(16)12(19)11(17)14(18)21-13/h3-6H,2H2,1H3,(H2,19,21)(H,22,24)/b20-6+. The van der Waals surface area contributed by atoms with Gasteiger partial charge in [0.15, 0.2) is 16.6 Å². The second-order valence-corrected chi connectivity index (χ2v) is 6.02. The van der Waals surface area contributed by atoms with E-state index in [1.807, 2.05) is 0 Å². The molecule has 1 aromatic heterocycles. The number of benzene rings is 1. The summed E-state index contributed by atoms with van der Waals surface area (Å²) in [6, 6.07) is 4.22. The van der Waals surface area contributed by atoms with Crippen LogP contribution in [0.4, 0.5) is 11.4 Å². The van der Waals surface area contributed by atoms with Crippen LogP contribution in [-0.2, 0) is 0 Å². The lowest BCUT2D eigenvalue weighted by atomic mass is 10.2. The highest BCUT2D eigenvalue weighted by molar-refractivity contribution is 6.46. The van der Waals surface area contributed by atoms with Gasteiger partial charge in [0.1, 0.15) is 5.02 Å². The number of anilines is 1. The number of nitrogens with one attached hydrogen (secondary N) is 1. The van der Waals surface area contributed by atoms with Crippen molar-refractivity contribution in [1.29, 1.82) is 0 Å². The summed E-state index contributed by atoms with van der Waals surface area (Å²) in [5.74, 6) is -0.659. The fourth-order valence-electron chi connectivity index (χ4n) is 1.94. The molecule has 0 aliphatic rings. The number of aromatic nitrogens is 1. The Morgan fingerprint density at radius 3 is 2.74 bits per heavy atom. The summed E-state index contributed by atoms with van der Waals surface area (Å²) in [5, 5.41) is 14.4. The second kappa shape index (κ2) is 8.85. The van der Waals surface area contributed by atoms with Crippen LogP contribution in [0.1, 0.15) is 23.0 Å². The Kier molecular flexibility index (Phi) is 6.78. The zero-order chi connectivity index (χ0) is 20.1. The van der Waals surface area contributed by atoms with E-state index in [-0.39, 0.29) is 44.6 Å². The number of rotatable bonds is 6. The summed E-state index contributed by atoms with van der Waals surface area (Å²) in [5.41, 5.74) is 7.60. The van der Waals surface area contributed by atoms with Crippen LogP contribution < -0.4 is 15.9 Å². The number of amides is 1. The zero-order valence-corrected chi connectivity index (χ0v) is 16.0. The van der Waals surface area contributed by atoms with Crippen LogP contribution in [0.2, 0.25) is 15.2 Å². The van der Waals surface area contributed by atoms with Gasteiger partial charge in [0.25, 0.3) is 5.91 Å². The van der Waals surface area contributed by atoms with Crippen molar-refractivity contribution < 1.29 is 14.5 Å². The van der Waals surface area contributed by atoms with Gasteiger partial charge in [-0.2, -0.15) is 5.10 Å². The van der Waals surface area contributed by atoms with E-state index in [2.05, 4.69) is 15.5 Å². The van der Waals surface area contributed by atoms with Gasteiger partial charge in [-0.15, -0.1) is 0 Å². The highest BCUT2D eigenvalue weighted by atomic mass is 35.5. The largest absolute Gasteiger partial charge is 0.487 e. The van der Waals surface area contributed by atoms with Crippen LogP contribution in [0, 0.1) is 10.1 Å². The molecule has 142 valence electrons. The predicted molar refractivity (Wildman–Crippen MR) is 103 cm³/mol. The van der Waals surface area contributed by atoms with Gasteiger partial charge < -0.3 is 10.5 Å². The van der Waals surface area contributed by atoms with Crippen molar-refractivity contribution in [3.63, 3.8) is 0 Å². The van der Waals surface area contributed by atoms with Crippen molar-refractivity contribution >= 4 is 58.3 Å². The number of nitro groups is 1. The molecule has 0 fully saturated rings. The minimum absolute atomic E-state index is 0.0663. The lowest BCUT2D eigenvalue weighted by Crippen LogP contribution is -2.20. The third-order valence-electron chi connectivity index (χ3n) is 3.15.